The van der Waals surface area contributed by atoms with Gasteiger partial charge in [-0.25, -0.2) is 13.6 Å². The Morgan fingerprint density at radius 3 is 2.59 bits per heavy atom. The predicted molar refractivity (Wildman–Crippen MR) is 57.6 cm³/mol. The number of benzene rings is 1. The monoisotopic (exact) mass is 244 g/mol. The highest BCUT2D eigenvalue weighted by Gasteiger charge is 2.38. The molecule has 17 heavy (non-hydrogen) atoms. The molecule has 5 heteroatoms. The molecule has 0 saturated heterocycles. The molecular weight excluding hydrogens is 230 g/mol. The summed E-state index contributed by atoms with van der Waals surface area (Å²) in [7, 11) is 0. The van der Waals surface area contributed by atoms with Gasteiger partial charge in [0.15, 0.2) is 5.60 Å². The van der Waals surface area contributed by atoms with Crippen molar-refractivity contribution in [3.63, 3.8) is 0 Å². The maximum Gasteiger partial charge on any atom is 0.340 e. The van der Waals surface area contributed by atoms with Gasteiger partial charge in [0.25, 0.3) is 0 Å². The first-order valence-corrected chi connectivity index (χ1v) is 5.24. The van der Waals surface area contributed by atoms with Crippen LogP contribution in [0.2, 0.25) is 0 Å². The molecule has 0 saturated carbocycles. The second kappa shape index (κ2) is 5.23. The van der Waals surface area contributed by atoms with Crippen LogP contribution in [-0.2, 0) is 15.1 Å². The molecule has 0 aliphatic rings. The Balaban J connectivity index is 3.17. The first-order chi connectivity index (χ1) is 7.91. The standard InChI is InChI=1S/C12H14F2O3/c1-3-6-17-12(2,11(15)16)9-5-4-8(13)7-10(9)14/h4-5,7H,3,6H2,1-2H3,(H,15,16). The molecule has 0 fully saturated rings. The lowest BCUT2D eigenvalue weighted by Crippen LogP contribution is -2.36. The Bertz CT molecular complexity index is 420. The van der Waals surface area contributed by atoms with Crippen LogP contribution in [0.25, 0.3) is 0 Å². The van der Waals surface area contributed by atoms with Crippen LogP contribution in [-0.4, -0.2) is 17.7 Å². The number of carboxylic acid groups (broad SMARTS) is 1. The lowest BCUT2D eigenvalue weighted by atomic mass is 9.95. The molecule has 0 spiro atoms. The zero-order chi connectivity index (χ0) is 13.1. The molecule has 0 aliphatic heterocycles. The van der Waals surface area contributed by atoms with Crippen molar-refractivity contribution in [2.24, 2.45) is 0 Å². The van der Waals surface area contributed by atoms with E-state index in [1.807, 2.05) is 6.92 Å². The first kappa shape index (κ1) is 13.6. The third-order valence-corrected chi connectivity index (χ3v) is 2.45. The quantitative estimate of drug-likeness (QED) is 0.866. The summed E-state index contributed by atoms with van der Waals surface area (Å²) in [5.41, 5.74) is -1.98. The Kier molecular flexibility index (Phi) is 4.17. The third kappa shape index (κ3) is 2.79. The largest absolute Gasteiger partial charge is 0.479 e. The van der Waals surface area contributed by atoms with E-state index in [-0.39, 0.29) is 12.2 Å². The van der Waals surface area contributed by atoms with Gasteiger partial charge in [-0.15, -0.1) is 0 Å². The maximum absolute atomic E-state index is 13.6. The molecule has 0 heterocycles. The molecule has 1 atom stereocenters. The molecule has 1 aromatic carbocycles. The minimum Gasteiger partial charge on any atom is -0.479 e. The van der Waals surface area contributed by atoms with Gasteiger partial charge < -0.3 is 9.84 Å². The molecule has 94 valence electrons. The number of carbonyl (C=O) groups is 1. The van der Waals surface area contributed by atoms with Gasteiger partial charge in [-0.05, 0) is 25.5 Å². The molecule has 3 nitrogen and oxygen atoms in total. The van der Waals surface area contributed by atoms with E-state index in [4.69, 9.17) is 9.84 Å². The highest BCUT2D eigenvalue weighted by atomic mass is 19.1. The molecule has 1 N–H and O–H groups in total. The maximum atomic E-state index is 13.6. The highest BCUT2D eigenvalue weighted by Crippen LogP contribution is 2.28. The van der Waals surface area contributed by atoms with Crippen molar-refractivity contribution < 1.29 is 23.4 Å². The Morgan fingerprint density at radius 2 is 2.12 bits per heavy atom. The molecule has 1 unspecified atom stereocenters. The van der Waals surface area contributed by atoms with Gasteiger partial charge >= 0.3 is 5.97 Å². The van der Waals surface area contributed by atoms with Gasteiger partial charge in [0.05, 0.1) is 0 Å². The molecular formula is C12H14F2O3. The highest BCUT2D eigenvalue weighted by molar-refractivity contribution is 5.79. The zero-order valence-corrected chi connectivity index (χ0v) is 9.67. The van der Waals surface area contributed by atoms with Gasteiger partial charge in [0.2, 0.25) is 0 Å². The Morgan fingerprint density at radius 1 is 1.47 bits per heavy atom. The van der Waals surface area contributed by atoms with Crippen LogP contribution in [0.1, 0.15) is 25.8 Å². The fourth-order valence-electron chi connectivity index (χ4n) is 1.44. The summed E-state index contributed by atoms with van der Waals surface area (Å²) in [4.78, 5) is 11.2. The summed E-state index contributed by atoms with van der Waals surface area (Å²) >= 11 is 0. The van der Waals surface area contributed by atoms with Crippen LogP contribution in [0.5, 0.6) is 0 Å². The van der Waals surface area contributed by atoms with E-state index in [2.05, 4.69) is 0 Å². The Labute approximate surface area is 98.0 Å². The van der Waals surface area contributed by atoms with Crippen molar-refractivity contribution in [1.82, 2.24) is 0 Å². The SMILES string of the molecule is CCCOC(C)(C(=O)O)c1ccc(F)cc1F. The number of halogens is 2. The fraction of sp³-hybridized carbons (Fsp3) is 0.417. The van der Waals surface area contributed by atoms with E-state index in [9.17, 15) is 13.6 Å². The van der Waals surface area contributed by atoms with Crippen molar-refractivity contribution in [2.45, 2.75) is 25.9 Å². The van der Waals surface area contributed by atoms with E-state index in [0.717, 1.165) is 12.1 Å². The minimum atomic E-state index is -1.80. The van der Waals surface area contributed by atoms with Crippen LogP contribution >= 0.6 is 0 Å². The predicted octanol–water partition coefficient (Wildman–Crippen LogP) is 2.69. The average Bonchev–Trinajstić information content (AvgIpc) is 2.25. The summed E-state index contributed by atoms with van der Waals surface area (Å²) < 4.78 is 31.5. The van der Waals surface area contributed by atoms with E-state index < -0.39 is 23.2 Å². The Hall–Kier alpha value is -1.49. The fourth-order valence-corrected chi connectivity index (χ4v) is 1.44. The summed E-state index contributed by atoms with van der Waals surface area (Å²) in [5, 5.41) is 9.12. The molecule has 0 bridgehead atoms. The second-order valence-corrected chi connectivity index (χ2v) is 3.81. The van der Waals surface area contributed by atoms with Gasteiger partial charge in [0, 0.05) is 18.2 Å². The summed E-state index contributed by atoms with van der Waals surface area (Å²) in [6.45, 7) is 3.24. The van der Waals surface area contributed by atoms with Crippen molar-refractivity contribution in [2.75, 3.05) is 6.61 Å². The van der Waals surface area contributed by atoms with Crippen LogP contribution in [0.4, 0.5) is 8.78 Å². The number of ether oxygens (including phenoxy) is 1. The van der Waals surface area contributed by atoms with E-state index >= 15 is 0 Å². The van der Waals surface area contributed by atoms with E-state index in [1.54, 1.807) is 0 Å². The molecule has 0 aliphatic carbocycles. The van der Waals surface area contributed by atoms with Crippen molar-refractivity contribution in [1.29, 1.82) is 0 Å². The number of rotatable bonds is 5. The van der Waals surface area contributed by atoms with E-state index in [0.29, 0.717) is 12.5 Å². The first-order valence-electron chi connectivity index (χ1n) is 5.24. The number of hydrogen-bond donors (Lipinski definition) is 1. The van der Waals surface area contributed by atoms with E-state index in [1.165, 1.54) is 6.92 Å². The van der Waals surface area contributed by atoms with Crippen LogP contribution in [0.3, 0.4) is 0 Å². The normalized spacial score (nSPS) is 14.4. The third-order valence-electron chi connectivity index (χ3n) is 2.45. The van der Waals surface area contributed by atoms with Crippen LogP contribution < -0.4 is 0 Å². The second-order valence-electron chi connectivity index (χ2n) is 3.81. The number of carboxylic acids is 1. The zero-order valence-electron chi connectivity index (χ0n) is 9.67. The molecule has 0 amide bonds. The molecule has 0 aromatic heterocycles. The van der Waals surface area contributed by atoms with Crippen molar-refractivity contribution >= 4 is 5.97 Å². The number of aliphatic carboxylic acids is 1. The summed E-state index contributed by atoms with van der Waals surface area (Å²) in [6, 6.07) is 2.75. The van der Waals surface area contributed by atoms with Crippen molar-refractivity contribution in [3.8, 4) is 0 Å². The molecule has 1 rings (SSSR count). The molecule has 0 radical (unpaired) electrons. The van der Waals surface area contributed by atoms with Crippen molar-refractivity contribution in [3.05, 3.63) is 35.4 Å². The van der Waals surface area contributed by atoms with Gasteiger partial charge in [-0.2, -0.15) is 0 Å². The topological polar surface area (TPSA) is 46.5 Å². The van der Waals surface area contributed by atoms with Crippen LogP contribution in [0.15, 0.2) is 18.2 Å². The lowest BCUT2D eigenvalue weighted by Gasteiger charge is -2.26. The van der Waals surface area contributed by atoms with Gasteiger partial charge in [-0.3, -0.25) is 0 Å². The summed E-state index contributed by atoms with van der Waals surface area (Å²) in [5.74, 6) is -2.99. The smallest absolute Gasteiger partial charge is 0.340 e. The van der Waals surface area contributed by atoms with Gasteiger partial charge in [0.1, 0.15) is 11.6 Å². The average molecular weight is 244 g/mol. The summed E-state index contributed by atoms with van der Waals surface area (Å²) in [6.07, 6.45) is 0.603. The molecule has 1 aromatic rings. The lowest BCUT2D eigenvalue weighted by molar-refractivity contribution is -0.165. The number of hydrogen-bond acceptors (Lipinski definition) is 2. The van der Waals surface area contributed by atoms with Crippen LogP contribution in [0, 0.1) is 11.6 Å². The van der Waals surface area contributed by atoms with Gasteiger partial charge in [-0.1, -0.05) is 6.92 Å². The minimum absolute atomic E-state index is 0.180.